The third-order valence-corrected chi connectivity index (χ3v) is 6.00. The van der Waals surface area contributed by atoms with Crippen LogP contribution in [-0.4, -0.2) is 20.1 Å². The Morgan fingerprint density at radius 3 is 2.84 bits per heavy atom. The number of hydrogen-bond donors (Lipinski definition) is 0. The lowest BCUT2D eigenvalue weighted by molar-refractivity contribution is -0.380. The van der Waals surface area contributed by atoms with Crippen molar-refractivity contribution in [3.63, 3.8) is 0 Å². The summed E-state index contributed by atoms with van der Waals surface area (Å²) >= 11 is 5.38. The number of aromatic nitrogens is 3. The van der Waals surface area contributed by atoms with Crippen LogP contribution in [-0.2, 0) is 0 Å². The summed E-state index contributed by atoms with van der Waals surface area (Å²) in [6.07, 6.45) is 1.26. The van der Waals surface area contributed by atoms with Crippen LogP contribution in [0.3, 0.4) is 0 Å². The van der Waals surface area contributed by atoms with Gasteiger partial charge in [-0.05, 0) is 34.5 Å². The topological polar surface area (TPSA) is 81.8 Å². The molecule has 6 nitrogen and oxygen atoms in total. The van der Waals surface area contributed by atoms with Crippen molar-refractivity contribution in [2.75, 3.05) is 0 Å². The van der Waals surface area contributed by atoms with Gasteiger partial charge in [0.25, 0.3) is 0 Å². The van der Waals surface area contributed by atoms with Crippen LogP contribution >= 0.6 is 45.8 Å². The first-order valence-electron chi connectivity index (χ1n) is 4.88. The van der Waals surface area contributed by atoms with E-state index in [-0.39, 0.29) is 5.00 Å². The fourth-order valence-electron chi connectivity index (χ4n) is 1.21. The largest absolute Gasteiger partial charge is 0.344 e. The van der Waals surface area contributed by atoms with Gasteiger partial charge in [-0.25, -0.2) is 4.98 Å². The molecule has 3 heterocycles. The molecule has 0 unspecified atom stereocenters. The van der Waals surface area contributed by atoms with Crippen LogP contribution in [0.25, 0.3) is 9.88 Å². The Labute approximate surface area is 123 Å². The van der Waals surface area contributed by atoms with Crippen molar-refractivity contribution >= 4 is 50.8 Å². The zero-order valence-electron chi connectivity index (χ0n) is 9.05. The molecule has 0 spiro atoms. The molecule has 0 fully saturated rings. The predicted octanol–water partition coefficient (Wildman–Crippen LogP) is 3.78. The van der Waals surface area contributed by atoms with Gasteiger partial charge in [-0.15, -0.1) is 21.5 Å². The van der Waals surface area contributed by atoms with E-state index in [9.17, 15) is 10.1 Å². The number of nitrogens with zero attached hydrogens (tertiary/aromatic N) is 4. The van der Waals surface area contributed by atoms with Crippen LogP contribution in [0.4, 0.5) is 5.00 Å². The normalized spacial score (nSPS) is 10.7. The summed E-state index contributed by atoms with van der Waals surface area (Å²) in [7, 11) is 0. The lowest BCUT2D eigenvalue weighted by Gasteiger charge is -1.86. The van der Waals surface area contributed by atoms with E-state index in [1.54, 1.807) is 11.3 Å². The van der Waals surface area contributed by atoms with Crippen LogP contribution < -0.4 is 0 Å². The van der Waals surface area contributed by atoms with Gasteiger partial charge in [0.2, 0.25) is 0 Å². The molecule has 0 bridgehead atoms. The summed E-state index contributed by atoms with van der Waals surface area (Å²) in [6.45, 7) is 0. The standard InChI is InChI=1S/C9H4N4O2S4/c14-13(15)6-4-10-8(17-6)19-9-12-11-7(18-9)5-2-1-3-16-5/h1-4H. The van der Waals surface area contributed by atoms with Crippen molar-refractivity contribution < 1.29 is 4.92 Å². The second-order valence-electron chi connectivity index (χ2n) is 3.17. The molecule has 0 aliphatic rings. The second-order valence-corrected chi connectivity index (χ2v) is 7.60. The Hall–Kier alpha value is -1.36. The van der Waals surface area contributed by atoms with Gasteiger partial charge < -0.3 is 0 Å². The molecule has 0 radical (unpaired) electrons. The van der Waals surface area contributed by atoms with Crippen LogP contribution in [0.15, 0.2) is 32.4 Å². The quantitative estimate of drug-likeness (QED) is 0.535. The molecule has 10 heteroatoms. The molecule has 0 aliphatic heterocycles. The first-order chi connectivity index (χ1) is 9.22. The molecule has 0 amide bonds. The van der Waals surface area contributed by atoms with Crippen LogP contribution in [0.2, 0.25) is 0 Å². The lowest BCUT2D eigenvalue weighted by atomic mass is 10.5. The third-order valence-electron chi connectivity index (χ3n) is 1.97. The van der Waals surface area contributed by atoms with E-state index < -0.39 is 4.92 Å². The van der Waals surface area contributed by atoms with Crippen LogP contribution in [0.1, 0.15) is 0 Å². The molecule has 19 heavy (non-hydrogen) atoms. The molecule has 96 valence electrons. The van der Waals surface area contributed by atoms with Crippen LogP contribution in [0, 0.1) is 10.1 Å². The Morgan fingerprint density at radius 2 is 2.16 bits per heavy atom. The second kappa shape index (κ2) is 5.33. The van der Waals surface area contributed by atoms with E-state index in [4.69, 9.17) is 0 Å². The smallest absolute Gasteiger partial charge is 0.257 e. The van der Waals surface area contributed by atoms with Gasteiger partial charge in [0, 0.05) is 0 Å². The highest BCUT2D eigenvalue weighted by molar-refractivity contribution is 8.02. The van der Waals surface area contributed by atoms with Crippen molar-refractivity contribution in [3.05, 3.63) is 33.8 Å². The zero-order valence-corrected chi connectivity index (χ0v) is 12.3. The minimum absolute atomic E-state index is 0.0329. The summed E-state index contributed by atoms with van der Waals surface area (Å²) in [5, 5.41) is 21.6. The summed E-state index contributed by atoms with van der Waals surface area (Å²) in [5.74, 6) is 0. The van der Waals surface area contributed by atoms with E-state index in [1.165, 1.54) is 29.3 Å². The molecule has 3 aromatic heterocycles. The molecule has 0 atom stereocenters. The molecular weight excluding hydrogens is 324 g/mol. The molecule has 3 aromatic rings. The highest BCUT2D eigenvalue weighted by Gasteiger charge is 2.15. The monoisotopic (exact) mass is 328 g/mol. The van der Waals surface area contributed by atoms with Gasteiger partial charge in [-0.3, -0.25) is 10.1 Å². The first-order valence-corrected chi connectivity index (χ1v) is 8.21. The Morgan fingerprint density at radius 1 is 1.26 bits per heavy atom. The number of thiophene rings is 1. The van der Waals surface area contributed by atoms with Gasteiger partial charge in [0.05, 0.1) is 9.80 Å². The van der Waals surface area contributed by atoms with Gasteiger partial charge in [0.15, 0.2) is 13.7 Å². The molecule has 0 N–H and O–H groups in total. The maximum atomic E-state index is 10.6. The van der Waals surface area contributed by atoms with Crippen molar-refractivity contribution in [1.82, 2.24) is 15.2 Å². The summed E-state index contributed by atoms with van der Waals surface area (Å²) in [5.41, 5.74) is 0. The van der Waals surface area contributed by atoms with E-state index in [0.29, 0.717) is 4.34 Å². The van der Waals surface area contributed by atoms with E-state index >= 15 is 0 Å². The number of rotatable bonds is 4. The molecular formula is C9H4N4O2S4. The maximum Gasteiger partial charge on any atom is 0.344 e. The maximum absolute atomic E-state index is 10.6. The summed E-state index contributed by atoms with van der Waals surface area (Å²) < 4.78 is 1.33. The Bertz CT molecular complexity index is 705. The average Bonchev–Trinajstić information content (AvgIpc) is 3.09. The predicted molar refractivity (Wildman–Crippen MR) is 76.1 cm³/mol. The van der Waals surface area contributed by atoms with Gasteiger partial charge in [0.1, 0.15) is 6.20 Å². The highest BCUT2D eigenvalue weighted by atomic mass is 32.2. The Balaban J connectivity index is 1.78. The molecule has 0 aliphatic carbocycles. The molecule has 3 rings (SSSR count). The van der Waals surface area contributed by atoms with Crippen molar-refractivity contribution in [2.45, 2.75) is 8.68 Å². The molecule has 0 aromatic carbocycles. The zero-order chi connectivity index (χ0) is 13.2. The van der Waals surface area contributed by atoms with Crippen molar-refractivity contribution in [2.24, 2.45) is 0 Å². The third kappa shape index (κ3) is 2.81. The summed E-state index contributed by atoms with van der Waals surface area (Å²) in [4.78, 5) is 15.2. The average molecular weight is 328 g/mol. The lowest BCUT2D eigenvalue weighted by Crippen LogP contribution is -1.80. The van der Waals surface area contributed by atoms with Gasteiger partial charge >= 0.3 is 5.00 Å². The minimum Gasteiger partial charge on any atom is -0.257 e. The van der Waals surface area contributed by atoms with E-state index in [0.717, 1.165) is 25.6 Å². The van der Waals surface area contributed by atoms with Gasteiger partial charge in [-0.2, -0.15) is 0 Å². The first kappa shape index (κ1) is 12.7. The van der Waals surface area contributed by atoms with Crippen molar-refractivity contribution in [3.8, 4) is 9.88 Å². The SMILES string of the molecule is O=[N+]([O-])c1cnc(Sc2nnc(-c3cccs3)s2)s1. The van der Waals surface area contributed by atoms with Crippen LogP contribution in [0.5, 0.6) is 0 Å². The fourth-order valence-corrected chi connectivity index (χ4v) is 4.84. The van der Waals surface area contributed by atoms with Gasteiger partial charge in [-0.1, -0.05) is 17.4 Å². The number of thiazole rings is 1. The van der Waals surface area contributed by atoms with E-state index in [1.807, 2.05) is 17.5 Å². The summed E-state index contributed by atoms with van der Waals surface area (Å²) in [6, 6.07) is 3.94. The number of hydrogen-bond acceptors (Lipinski definition) is 9. The molecule has 0 saturated heterocycles. The van der Waals surface area contributed by atoms with Crippen molar-refractivity contribution in [1.29, 1.82) is 0 Å². The fraction of sp³-hybridized carbons (Fsp3) is 0. The molecule has 0 saturated carbocycles. The number of nitro groups is 1. The Kier molecular flexibility index (Phi) is 3.55. The highest BCUT2D eigenvalue weighted by Crippen LogP contribution is 2.38. The minimum atomic E-state index is -0.446. The van der Waals surface area contributed by atoms with E-state index in [2.05, 4.69) is 15.2 Å².